The fraction of sp³-hybridized carbons (Fsp3) is 0. The summed E-state index contributed by atoms with van der Waals surface area (Å²) in [6, 6.07) is 75.1. The third-order valence-electron chi connectivity index (χ3n) is 11.8. The topological polar surface area (TPSA) is 48.5 Å². The molecule has 0 N–H and O–H groups in total. The second kappa shape index (κ2) is 13.8. The van der Waals surface area contributed by atoms with Crippen LogP contribution < -0.4 is 0 Å². The minimum Gasteiger partial charge on any atom is -0.309 e. The Bertz CT molecular complexity index is 3510. The lowest BCUT2D eigenvalue weighted by molar-refractivity contribution is 0.953. The highest BCUT2D eigenvalue weighted by Crippen LogP contribution is 2.40. The maximum Gasteiger partial charge on any atom is 0.238 e. The molecule has 3 aromatic heterocycles. The molecule has 0 radical (unpaired) electrons. The van der Waals surface area contributed by atoms with Gasteiger partial charge in [0.25, 0.3) is 0 Å². The first kappa shape index (κ1) is 33.9. The number of rotatable bonds is 6. The summed E-state index contributed by atoms with van der Waals surface area (Å²) in [6.07, 6.45) is 0. The first-order chi connectivity index (χ1) is 29.7. The summed E-state index contributed by atoms with van der Waals surface area (Å²) in [7, 11) is 0. The number of benzene rings is 9. The van der Waals surface area contributed by atoms with Crippen LogP contribution in [0, 0.1) is 0 Å². The quantitative estimate of drug-likeness (QED) is 0.169. The van der Waals surface area contributed by atoms with Crippen molar-refractivity contribution in [2.24, 2.45) is 0 Å². The molecule has 5 heteroatoms. The van der Waals surface area contributed by atoms with E-state index in [4.69, 9.17) is 15.0 Å². The van der Waals surface area contributed by atoms with E-state index < -0.39 is 0 Å². The number of nitrogens with zero attached hydrogens (tertiary/aromatic N) is 5. The van der Waals surface area contributed by atoms with Crippen molar-refractivity contribution in [1.82, 2.24) is 24.1 Å². The number of hydrogen-bond donors (Lipinski definition) is 0. The molecule has 0 saturated heterocycles. The molecule has 0 fully saturated rings. The van der Waals surface area contributed by atoms with Crippen molar-refractivity contribution < 1.29 is 0 Å². The lowest BCUT2D eigenvalue weighted by atomic mass is 9.99. The second-order valence-electron chi connectivity index (χ2n) is 15.3. The molecule has 0 aliphatic heterocycles. The van der Waals surface area contributed by atoms with E-state index in [0.717, 1.165) is 49.7 Å². The molecule has 280 valence electrons. The number of hydrogen-bond acceptors (Lipinski definition) is 3. The predicted octanol–water partition coefficient (Wildman–Crippen LogP) is 13.9. The molecule has 0 bridgehead atoms. The Labute approximate surface area is 346 Å². The highest BCUT2D eigenvalue weighted by Gasteiger charge is 2.21. The Morgan fingerprint density at radius 2 is 0.733 bits per heavy atom. The van der Waals surface area contributed by atoms with Gasteiger partial charge in [0.1, 0.15) is 0 Å². The average molecular weight is 766 g/mol. The summed E-state index contributed by atoms with van der Waals surface area (Å²) in [4.78, 5) is 15.6. The molecule has 0 unspecified atom stereocenters. The SMILES string of the molecule is c1ccc(-c2ccc(-c3ccc(-c4nc(-c5ccccc5)nc(-n5c6ccc(-n7c8ccccc8c8ccccc87)cc6c6c7ccccc7ccc65)n4)cc3)cc2)cc1. The molecule has 12 aromatic rings. The molecular formula is C55H35N5. The van der Waals surface area contributed by atoms with Crippen molar-refractivity contribution in [3.05, 3.63) is 212 Å². The van der Waals surface area contributed by atoms with E-state index in [9.17, 15) is 0 Å². The fourth-order valence-corrected chi connectivity index (χ4v) is 8.94. The maximum absolute atomic E-state index is 5.29. The van der Waals surface area contributed by atoms with Gasteiger partial charge >= 0.3 is 0 Å². The Morgan fingerprint density at radius 1 is 0.283 bits per heavy atom. The van der Waals surface area contributed by atoms with Gasteiger partial charge in [0.05, 0.1) is 22.1 Å². The minimum absolute atomic E-state index is 0.569. The summed E-state index contributed by atoms with van der Waals surface area (Å²) in [5, 5.41) is 7.14. The molecule has 0 saturated carbocycles. The van der Waals surface area contributed by atoms with Crippen LogP contribution in [0.25, 0.3) is 111 Å². The smallest absolute Gasteiger partial charge is 0.238 e. The molecule has 12 rings (SSSR count). The number of para-hydroxylation sites is 2. The third-order valence-corrected chi connectivity index (χ3v) is 11.8. The maximum atomic E-state index is 5.29. The second-order valence-corrected chi connectivity index (χ2v) is 15.3. The van der Waals surface area contributed by atoms with Crippen molar-refractivity contribution in [2.75, 3.05) is 0 Å². The molecule has 0 spiro atoms. The Kier molecular flexibility index (Phi) is 7.78. The van der Waals surface area contributed by atoms with Gasteiger partial charge in [0.15, 0.2) is 11.6 Å². The van der Waals surface area contributed by atoms with Crippen LogP contribution in [0.1, 0.15) is 0 Å². The lowest BCUT2D eigenvalue weighted by Crippen LogP contribution is -2.06. The Balaban J connectivity index is 1.05. The molecule has 0 atom stereocenters. The molecule has 0 aliphatic rings. The van der Waals surface area contributed by atoms with E-state index in [1.807, 2.05) is 24.3 Å². The zero-order valence-electron chi connectivity index (χ0n) is 32.4. The molecule has 5 nitrogen and oxygen atoms in total. The van der Waals surface area contributed by atoms with Crippen LogP contribution in [0.2, 0.25) is 0 Å². The van der Waals surface area contributed by atoms with Crippen molar-refractivity contribution in [3.63, 3.8) is 0 Å². The van der Waals surface area contributed by atoms with Gasteiger partial charge in [-0.05, 0) is 69.4 Å². The van der Waals surface area contributed by atoms with E-state index in [-0.39, 0.29) is 0 Å². The van der Waals surface area contributed by atoms with Gasteiger partial charge in [-0.25, -0.2) is 4.98 Å². The van der Waals surface area contributed by atoms with E-state index in [1.165, 1.54) is 43.7 Å². The number of fused-ring (bicyclic) bond motifs is 8. The Hall–Kier alpha value is -8.15. The van der Waals surface area contributed by atoms with Crippen LogP contribution in [-0.4, -0.2) is 24.1 Å². The van der Waals surface area contributed by atoms with Gasteiger partial charge in [-0.1, -0.05) is 176 Å². The van der Waals surface area contributed by atoms with E-state index >= 15 is 0 Å². The summed E-state index contributed by atoms with van der Waals surface area (Å²) in [5.74, 6) is 1.80. The van der Waals surface area contributed by atoms with Gasteiger partial charge in [-0.2, -0.15) is 9.97 Å². The van der Waals surface area contributed by atoms with E-state index in [2.05, 4.69) is 197 Å². The standard InChI is InChI=1S/C55H35N5/c1-3-13-36(14-4-1)37-23-25-38(26-24-37)39-27-29-42(30-28-39)54-56-53(41-16-5-2-6-17-41)57-55(58-54)60-50-34-32-43(35-47(50)52-44-18-8-7-15-40(44)31-33-51(52)60)59-48-21-11-9-19-45(48)46-20-10-12-22-49(46)59/h1-35H. The van der Waals surface area contributed by atoms with Crippen LogP contribution in [0.3, 0.4) is 0 Å². The predicted molar refractivity (Wildman–Crippen MR) is 248 cm³/mol. The van der Waals surface area contributed by atoms with Crippen LogP contribution in [0.4, 0.5) is 0 Å². The highest BCUT2D eigenvalue weighted by molar-refractivity contribution is 6.21. The van der Waals surface area contributed by atoms with Crippen molar-refractivity contribution >= 4 is 54.4 Å². The van der Waals surface area contributed by atoms with Crippen molar-refractivity contribution in [3.8, 4) is 56.7 Å². The Morgan fingerprint density at radius 3 is 1.35 bits per heavy atom. The van der Waals surface area contributed by atoms with Crippen LogP contribution in [-0.2, 0) is 0 Å². The molecule has 3 heterocycles. The summed E-state index contributed by atoms with van der Waals surface area (Å²) >= 11 is 0. The van der Waals surface area contributed by atoms with E-state index in [1.54, 1.807) is 0 Å². The van der Waals surface area contributed by atoms with Crippen LogP contribution in [0.15, 0.2) is 212 Å². The fourth-order valence-electron chi connectivity index (χ4n) is 8.94. The average Bonchev–Trinajstić information content (AvgIpc) is 3.85. The van der Waals surface area contributed by atoms with E-state index in [0.29, 0.717) is 17.6 Å². The largest absolute Gasteiger partial charge is 0.309 e. The lowest BCUT2D eigenvalue weighted by Gasteiger charge is -2.12. The monoisotopic (exact) mass is 765 g/mol. The van der Waals surface area contributed by atoms with Crippen LogP contribution >= 0.6 is 0 Å². The zero-order chi connectivity index (χ0) is 39.6. The summed E-state index contributed by atoms with van der Waals surface area (Å²) in [6.45, 7) is 0. The van der Waals surface area contributed by atoms with Crippen molar-refractivity contribution in [2.45, 2.75) is 0 Å². The van der Waals surface area contributed by atoms with Gasteiger partial charge in [0, 0.05) is 38.4 Å². The molecular weight excluding hydrogens is 731 g/mol. The highest BCUT2D eigenvalue weighted by atomic mass is 15.2. The summed E-state index contributed by atoms with van der Waals surface area (Å²) < 4.78 is 4.60. The molecule has 0 amide bonds. The molecule has 0 aliphatic carbocycles. The van der Waals surface area contributed by atoms with Gasteiger partial charge in [-0.15, -0.1) is 0 Å². The van der Waals surface area contributed by atoms with Gasteiger partial charge in [-0.3, -0.25) is 4.57 Å². The first-order valence-corrected chi connectivity index (χ1v) is 20.3. The summed E-state index contributed by atoms with van der Waals surface area (Å²) in [5.41, 5.74) is 12.0. The van der Waals surface area contributed by atoms with Gasteiger partial charge in [0.2, 0.25) is 5.95 Å². The minimum atomic E-state index is 0.569. The number of aromatic nitrogens is 5. The first-order valence-electron chi connectivity index (χ1n) is 20.3. The normalized spacial score (nSPS) is 11.7. The molecule has 9 aromatic carbocycles. The molecule has 60 heavy (non-hydrogen) atoms. The van der Waals surface area contributed by atoms with Gasteiger partial charge < -0.3 is 4.57 Å². The third kappa shape index (κ3) is 5.52. The van der Waals surface area contributed by atoms with Crippen LogP contribution in [0.5, 0.6) is 0 Å². The zero-order valence-corrected chi connectivity index (χ0v) is 32.4. The van der Waals surface area contributed by atoms with Crippen molar-refractivity contribution in [1.29, 1.82) is 0 Å².